The van der Waals surface area contributed by atoms with Crippen LogP contribution in [0, 0.1) is 11.8 Å². The smallest absolute Gasteiger partial charge is 0.222 e. The number of halogens is 1. The van der Waals surface area contributed by atoms with Gasteiger partial charge >= 0.3 is 0 Å². The van der Waals surface area contributed by atoms with Crippen LogP contribution in [0.25, 0.3) is 0 Å². The molecule has 2 nitrogen and oxygen atoms in total. The summed E-state index contributed by atoms with van der Waals surface area (Å²) in [4.78, 5) is 11.0. The zero-order valence-electron chi connectivity index (χ0n) is 7.26. The van der Waals surface area contributed by atoms with Gasteiger partial charge in [0.15, 0.2) is 0 Å². The third-order valence-electron chi connectivity index (χ3n) is 2.75. The monoisotopic (exact) mass is 189 g/mol. The Morgan fingerprint density at radius 3 is 2.42 bits per heavy atom. The molecule has 3 heteroatoms. The van der Waals surface area contributed by atoms with Crippen molar-refractivity contribution in [1.29, 1.82) is 0 Å². The van der Waals surface area contributed by atoms with Gasteiger partial charge in [-0.25, -0.2) is 0 Å². The molecule has 0 aliphatic heterocycles. The highest BCUT2D eigenvalue weighted by atomic mass is 35.5. The Morgan fingerprint density at radius 1 is 1.42 bits per heavy atom. The van der Waals surface area contributed by atoms with E-state index in [-0.39, 0.29) is 11.8 Å². The van der Waals surface area contributed by atoms with E-state index >= 15 is 0 Å². The van der Waals surface area contributed by atoms with Crippen LogP contribution in [0.3, 0.4) is 0 Å². The second kappa shape index (κ2) is 4.70. The Morgan fingerprint density at radius 2 is 2.00 bits per heavy atom. The van der Waals surface area contributed by atoms with Gasteiger partial charge in [0.05, 0.1) is 5.92 Å². The Bertz CT molecular complexity index is 155. The number of hydrogen-bond donors (Lipinski definition) is 1. The van der Waals surface area contributed by atoms with E-state index in [1.54, 1.807) is 0 Å². The molecule has 12 heavy (non-hydrogen) atoms. The molecular formula is C9H16ClNO. The molecule has 0 spiro atoms. The lowest BCUT2D eigenvalue weighted by atomic mass is 9.80. The van der Waals surface area contributed by atoms with Crippen LogP contribution in [0.1, 0.15) is 32.1 Å². The minimum absolute atomic E-state index is 0.0908. The molecule has 1 rings (SSSR count). The number of carbonyl (C=O) groups excluding carboxylic acids is 1. The third kappa shape index (κ3) is 2.37. The molecule has 1 fully saturated rings. The highest BCUT2D eigenvalue weighted by Gasteiger charge is 2.26. The Balaban J connectivity index is 2.46. The van der Waals surface area contributed by atoms with Crippen LogP contribution in [-0.2, 0) is 4.79 Å². The van der Waals surface area contributed by atoms with Gasteiger partial charge in [-0.15, -0.1) is 11.6 Å². The zero-order valence-corrected chi connectivity index (χ0v) is 8.02. The number of nitrogens with two attached hydrogens (primary N) is 1. The fourth-order valence-corrected chi connectivity index (χ4v) is 2.37. The summed E-state index contributed by atoms with van der Waals surface area (Å²) in [6, 6.07) is 0. The number of primary amides is 1. The molecule has 0 bridgehead atoms. The average Bonchev–Trinajstić information content (AvgIpc) is 2.07. The predicted octanol–water partition coefficient (Wildman–Crippen LogP) is 1.91. The first-order chi connectivity index (χ1) is 5.75. The summed E-state index contributed by atoms with van der Waals surface area (Å²) in [6.07, 6.45) is 6.00. The second-order valence-electron chi connectivity index (χ2n) is 3.56. The van der Waals surface area contributed by atoms with Gasteiger partial charge in [-0.3, -0.25) is 4.79 Å². The van der Waals surface area contributed by atoms with Crippen molar-refractivity contribution < 1.29 is 4.79 Å². The first kappa shape index (κ1) is 9.85. The van der Waals surface area contributed by atoms with Gasteiger partial charge < -0.3 is 5.73 Å². The van der Waals surface area contributed by atoms with E-state index in [9.17, 15) is 4.79 Å². The Labute approximate surface area is 78.5 Å². The van der Waals surface area contributed by atoms with Gasteiger partial charge in [0, 0.05) is 5.88 Å². The van der Waals surface area contributed by atoms with Crippen molar-refractivity contribution in [1.82, 2.24) is 0 Å². The van der Waals surface area contributed by atoms with Crippen LogP contribution >= 0.6 is 11.6 Å². The molecular weight excluding hydrogens is 174 g/mol. The first-order valence-electron chi connectivity index (χ1n) is 4.61. The number of alkyl halides is 1. The van der Waals surface area contributed by atoms with Gasteiger partial charge in [-0.2, -0.15) is 0 Å². The number of rotatable bonds is 3. The molecule has 1 atom stereocenters. The first-order valence-corrected chi connectivity index (χ1v) is 5.14. The molecule has 0 saturated heterocycles. The molecule has 1 aliphatic rings. The SMILES string of the molecule is NC(=O)C(CCl)C1CCCCC1. The molecule has 70 valence electrons. The standard InChI is InChI=1S/C9H16ClNO/c10-6-8(9(11)12)7-4-2-1-3-5-7/h7-8H,1-6H2,(H2,11,12). The van der Waals surface area contributed by atoms with E-state index in [1.807, 2.05) is 0 Å². The van der Waals surface area contributed by atoms with Crippen molar-refractivity contribution in [2.24, 2.45) is 17.6 Å². The summed E-state index contributed by atoms with van der Waals surface area (Å²) in [5.41, 5.74) is 5.25. The normalized spacial score (nSPS) is 22.1. The van der Waals surface area contributed by atoms with E-state index < -0.39 is 0 Å². The van der Waals surface area contributed by atoms with Gasteiger partial charge in [0.2, 0.25) is 5.91 Å². The van der Waals surface area contributed by atoms with Crippen LogP contribution in [0.15, 0.2) is 0 Å². The molecule has 0 heterocycles. The molecule has 0 aromatic heterocycles. The van der Waals surface area contributed by atoms with Crippen molar-refractivity contribution >= 4 is 17.5 Å². The molecule has 0 radical (unpaired) electrons. The summed E-state index contributed by atoms with van der Waals surface area (Å²) < 4.78 is 0. The maximum Gasteiger partial charge on any atom is 0.222 e. The molecule has 1 unspecified atom stereocenters. The van der Waals surface area contributed by atoms with Crippen molar-refractivity contribution in [3.63, 3.8) is 0 Å². The maximum absolute atomic E-state index is 11.0. The highest BCUT2D eigenvalue weighted by Crippen LogP contribution is 2.30. The van der Waals surface area contributed by atoms with Crippen LogP contribution in [-0.4, -0.2) is 11.8 Å². The maximum atomic E-state index is 11.0. The highest BCUT2D eigenvalue weighted by molar-refractivity contribution is 6.19. The average molecular weight is 190 g/mol. The minimum Gasteiger partial charge on any atom is -0.369 e. The minimum atomic E-state index is -0.225. The summed E-state index contributed by atoms with van der Waals surface area (Å²) >= 11 is 5.70. The quantitative estimate of drug-likeness (QED) is 0.678. The summed E-state index contributed by atoms with van der Waals surface area (Å²) in [6.45, 7) is 0. The van der Waals surface area contributed by atoms with Crippen molar-refractivity contribution in [3.8, 4) is 0 Å². The molecule has 1 saturated carbocycles. The molecule has 0 aromatic carbocycles. The van der Waals surface area contributed by atoms with Gasteiger partial charge in [0.1, 0.15) is 0 Å². The van der Waals surface area contributed by atoms with Gasteiger partial charge in [-0.05, 0) is 18.8 Å². The number of carbonyl (C=O) groups is 1. The Kier molecular flexibility index (Phi) is 3.86. The fourth-order valence-electron chi connectivity index (χ4n) is 1.97. The largest absolute Gasteiger partial charge is 0.369 e. The van der Waals surface area contributed by atoms with Gasteiger partial charge in [-0.1, -0.05) is 19.3 Å². The lowest BCUT2D eigenvalue weighted by Crippen LogP contribution is -2.32. The predicted molar refractivity (Wildman–Crippen MR) is 50.0 cm³/mol. The number of amides is 1. The second-order valence-corrected chi connectivity index (χ2v) is 3.87. The summed E-state index contributed by atoms with van der Waals surface area (Å²) in [5.74, 6) is 0.526. The van der Waals surface area contributed by atoms with Crippen molar-refractivity contribution in [2.75, 3.05) is 5.88 Å². The topological polar surface area (TPSA) is 43.1 Å². The van der Waals surface area contributed by atoms with E-state index in [4.69, 9.17) is 17.3 Å². The van der Waals surface area contributed by atoms with Crippen LogP contribution < -0.4 is 5.73 Å². The number of hydrogen-bond acceptors (Lipinski definition) is 1. The fraction of sp³-hybridized carbons (Fsp3) is 0.889. The molecule has 0 aromatic rings. The molecule has 2 N–H and O–H groups in total. The van der Waals surface area contributed by atoms with E-state index in [1.165, 1.54) is 19.3 Å². The van der Waals surface area contributed by atoms with Crippen molar-refractivity contribution in [3.05, 3.63) is 0 Å². The van der Waals surface area contributed by atoms with Crippen LogP contribution in [0.4, 0.5) is 0 Å². The molecule has 1 amide bonds. The van der Waals surface area contributed by atoms with E-state index in [2.05, 4.69) is 0 Å². The van der Waals surface area contributed by atoms with Gasteiger partial charge in [0.25, 0.3) is 0 Å². The molecule has 1 aliphatic carbocycles. The third-order valence-corrected chi connectivity index (χ3v) is 3.08. The zero-order chi connectivity index (χ0) is 8.97. The van der Waals surface area contributed by atoms with Crippen molar-refractivity contribution in [2.45, 2.75) is 32.1 Å². The summed E-state index contributed by atoms with van der Waals surface area (Å²) in [5, 5.41) is 0. The van der Waals surface area contributed by atoms with Crippen LogP contribution in [0.2, 0.25) is 0 Å². The van der Waals surface area contributed by atoms with Crippen LogP contribution in [0.5, 0.6) is 0 Å². The van der Waals surface area contributed by atoms with E-state index in [0.29, 0.717) is 11.8 Å². The lowest BCUT2D eigenvalue weighted by Gasteiger charge is -2.26. The summed E-state index contributed by atoms with van der Waals surface area (Å²) in [7, 11) is 0. The Hall–Kier alpha value is -0.240. The van der Waals surface area contributed by atoms with E-state index in [0.717, 1.165) is 12.8 Å². The lowest BCUT2D eigenvalue weighted by molar-refractivity contribution is -0.123.